The van der Waals surface area contributed by atoms with Gasteiger partial charge in [0.05, 0.1) is 5.69 Å². The number of amides is 1. The Labute approximate surface area is 137 Å². The first-order valence-corrected chi connectivity index (χ1v) is 7.78. The Kier molecular flexibility index (Phi) is 5.55. The van der Waals surface area contributed by atoms with Gasteiger partial charge in [-0.25, -0.2) is 4.39 Å². The summed E-state index contributed by atoms with van der Waals surface area (Å²) >= 11 is 3.18. The van der Waals surface area contributed by atoms with Crippen molar-refractivity contribution in [1.82, 2.24) is 0 Å². The zero-order valence-electron chi connectivity index (χ0n) is 12.4. The second-order valence-electron chi connectivity index (χ2n) is 4.89. The van der Waals surface area contributed by atoms with Crippen LogP contribution in [0.25, 0.3) is 0 Å². The van der Waals surface area contributed by atoms with Crippen molar-refractivity contribution >= 4 is 27.5 Å². The Hall–Kier alpha value is -1.88. The molecular weight excluding hydrogens is 349 g/mol. The molecule has 0 spiro atoms. The van der Waals surface area contributed by atoms with Gasteiger partial charge in [-0.3, -0.25) is 4.79 Å². The highest BCUT2D eigenvalue weighted by atomic mass is 79.9. The van der Waals surface area contributed by atoms with Gasteiger partial charge in [-0.05, 0) is 43.2 Å². The van der Waals surface area contributed by atoms with Gasteiger partial charge in [0.1, 0.15) is 11.6 Å². The molecule has 2 aromatic rings. The SMILES string of the molecule is CC[C@@H](Oc1ccccc1C)C(=O)Nc1ccc(Br)cc1F. The molecule has 0 aliphatic carbocycles. The molecule has 1 N–H and O–H groups in total. The van der Waals surface area contributed by atoms with E-state index in [2.05, 4.69) is 21.2 Å². The van der Waals surface area contributed by atoms with Crippen molar-refractivity contribution in [2.45, 2.75) is 26.4 Å². The number of hydrogen-bond acceptors (Lipinski definition) is 2. The fourth-order valence-electron chi connectivity index (χ4n) is 1.97. The van der Waals surface area contributed by atoms with E-state index in [1.165, 1.54) is 12.1 Å². The lowest BCUT2D eigenvalue weighted by Crippen LogP contribution is -2.32. The number of anilines is 1. The van der Waals surface area contributed by atoms with Crippen LogP contribution in [0.5, 0.6) is 5.75 Å². The van der Waals surface area contributed by atoms with Gasteiger partial charge in [-0.1, -0.05) is 41.1 Å². The number of ether oxygens (including phenoxy) is 1. The lowest BCUT2D eigenvalue weighted by Gasteiger charge is -2.18. The zero-order chi connectivity index (χ0) is 16.1. The first kappa shape index (κ1) is 16.5. The zero-order valence-corrected chi connectivity index (χ0v) is 14.0. The van der Waals surface area contributed by atoms with Gasteiger partial charge in [-0.15, -0.1) is 0 Å². The van der Waals surface area contributed by atoms with Crippen molar-refractivity contribution in [2.75, 3.05) is 5.32 Å². The standard InChI is InChI=1S/C17H17BrFNO2/c1-3-15(22-16-7-5-4-6-11(16)2)17(21)20-14-9-8-12(18)10-13(14)19/h4-10,15H,3H2,1-2H3,(H,20,21)/t15-/m1/s1. The van der Waals surface area contributed by atoms with Crippen molar-refractivity contribution < 1.29 is 13.9 Å². The van der Waals surface area contributed by atoms with E-state index in [9.17, 15) is 9.18 Å². The third-order valence-corrected chi connectivity index (χ3v) is 3.71. The fraction of sp³-hybridized carbons (Fsp3) is 0.235. The lowest BCUT2D eigenvalue weighted by atomic mass is 10.2. The summed E-state index contributed by atoms with van der Waals surface area (Å²) in [6.07, 6.45) is -0.192. The topological polar surface area (TPSA) is 38.3 Å². The lowest BCUT2D eigenvalue weighted by molar-refractivity contribution is -0.122. The Morgan fingerprint density at radius 3 is 2.68 bits per heavy atom. The smallest absolute Gasteiger partial charge is 0.265 e. The largest absolute Gasteiger partial charge is 0.480 e. The highest BCUT2D eigenvalue weighted by Crippen LogP contribution is 2.22. The van der Waals surface area contributed by atoms with Gasteiger partial charge in [0, 0.05) is 4.47 Å². The molecule has 0 aromatic heterocycles. The van der Waals surface area contributed by atoms with Crippen molar-refractivity contribution in [3.05, 3.63) is 58.3 Å². The molecule has 0 aliphatic heterocycles. The van der Waals surface area contributed by atoms with Gasteiger partial charge in [0.15, 0.2) is 6.10 Å². The number of rotatable bonds is 5. The van der Waals surface area contributed by atoms with Crippen LogP contribution in [0, 0.1) is 12.7 Å². The molecular formula is C17H17BrFNO2. The van der Waals surface area contributed by atoms with Gasteiger partial charge >= 0.3 is 0 Å². The first-order valence-electron chi connectivity index (χ1n) is 6.99. The Morgan fingerprint density at radius 1 is 1.32 bits per heavy atom. The van der Waals surface area contributed by atoms with E-state index >= 15 is 0 Å². The first-order chi connectivity index (χ1) is 10.5. The molecule has 2 aromatic carbocycles. The van der Waals surface area contributed by atoms with E-state index in [1.54, 1.807) is 6.07 Å². The van der Waals surface area contributed by atoms with E-state index in [1.807, 2.05) is 38.1 Å². The minimum Gasteiger partial charge on any atom is -0.480 e. The van der Waals surface area contributed by atoms with Crippen LogP contribution in [-0.4, -0.2) is 12.0 Å². The van der Waals surface area contributed by atoms with Gasteiger partial charge in [0.2, 0.25) is 0 Å². The average molecular weight is 366 g/mol. The van der Waals surface area contributed by atoms with E-state index in [0.717, 1.165) is 5.56 Å². The van der Waals surface area contributed by atoms with Gasteiger partial charge in [-0.2, -0.15) is 0 Å². The molecule has 0 aliphatic rings. The van der Waals surface area contributed by atoms with E-state index in [0.29, 0.717) is 16.6 Å². The monoisotopic (exact) mass is 365 g/mol. The normalized spacial score (nSPS) is 11.8. The number of carbonyl (C=O) groups excluding carboxylic acids is 1. The summed E-state index contributed by atoms with van der Waals surface area (Å²) in [5, 5.41) is 2.57. The second-order valence-corrected chi connectivity index (χ2v) is 5.81. The second kappa shape index (κ2) is 7.40. The van der Waals surface area contributed by atoms with Crippen LogP contribution in [0.4, 0.5) is 10.1 Å². The van der Waals surface area contributed by atoms with Crippen LogP contribution < -0.4 is 10.1 Å². The summed E-state index contributed by atoms with van der Waals surface area (Å²) in [4.78, 5) is 12.3. The number of halogens is 2. The highest BCUT2D eigenvalue weighted by Gasteiger charge is 2.20. The van der Waals surface area contributed by atoms with Crippen LogP contribution >= 0.6 is 15.9 Å². The van der Waals surface area contributed by atoms with Crippen molar-refractivity contribution in [2.24, 2.45) is 0 Å². The molecule has 0 bridgehead atoms. The molecule has 0 fully saturated rings. The Balaban J connectivity index is 2.10. The quantitative estimate of drug-likeness (QED) is 0.834. The molecule has 1 atom stereocenters. The van der Waals surface area contributed by atoms with Crippen LogP contribution in [0.15, 0.2) is 46.9 Å². The molecule has 3 nitrogen and oxygen atoms in total. The number of carbonyl (C=O) groups is 1. The molecule has 116 valence electrons. The predicted octanol–water partition coefficient (Wildman–Crippen LogP) is 4.69. The molecule has 5 heteroatoms. The minimum absolute atomic E-state index is 0.139. The molecule has 0 radical (unpaired) electrons. The van der Waals surface area contributed by atoms with Gasteiger partial charge in [0.25, 0.3) is 5.91 Å². The van der Waals surface area contributed by atoms with E-state index in [-0.39, 0.29) is 11.6 Å². The maximum Gasteiger partial charge on any atom is 0.265 e. The minimum atomic E-state index is -0.677. The third kappa shape index (κ3) is 4.07. The maximum atomic E-state index is 13.8. The molecule has 0 saturated heterocycles. The maximum absolute atomic E-state index is 13.8. The summed E-state index contributed by atoms with van der Waals surface area (Å²) in [6.45, 7) is 3.76. The third-order valence-electron chi connectivity index (χ3n) is 3.22. The number of aryl methyl sites for hydroxylation is 1. The predicted molar refractivity (Wildman–Crippen MR) is 88.6 cm³/mol. The van der Waals surface area contributed by atoms with Crippen molar-refractivity contribution in [3.63, 3.8) is 0 Å². The summed E-state index contributed by atoms with van der Waals surface area (Å²) < 4.78 is 20.1. The van der Waals surface area contributed by atoms with Crippen LogP contribution in [0.1, 0.15) is 18.9 Å². The molecule has 0 saturated carbocycles. The Bertz CT molecular complexity index is 675. The summed E-state index contributed by atoms with van der Waals surface area (Å²) in [5.74, 6) is -0.207. The Morgan fingerprint density at radius 2 is 2.05 bits per heavy atom. The molecule has 2 rings (SSSR count). The van der Waals surface area contributed by atoms with E-state index < -0.39 is 11.9 Å². The van der Waals surface area contributed by atoms with Crippen molar-refractivity contribution in [1.29, 1.82) is 0 Å². The highest BCUT2D eigenvalue weighted by molar-refractivity contribution is 9.10. The molecule has 0 unspecified atom stereocenters. The number of hydrogen-bond donors (Lipinski definition) is 1. The van der Waals surface area contributed by atoms with Crippen LogP contribution in [0.2, 0.25) is 0 Å². The van der Waals surface area contributed by atoms with Crippen molar-refractivity contribution in [3.8, 4) is 5.75 Å². The average Bonchev–Trinajstić information content (AvgIpc) is 2.49. The molecule has 22 heavy (non-hydrogen) atoms. The summed E-state index contributed by atoms with van der Waals surface area (Å²) in [7, 11) is 0. The molecule has 1 amide bonds. The van der Waals surface area contributed by atoms with Gasteiger partial charge < -0.3 is 10.1 Å². The molecule has 0 heterocycles. The number of para-hydroxylation sites is 1. The summed E-state index contributed by atoms with van der Waals surface area (Å²) in [5.41, 5.74) is 1.09. The summed E-state index contributed by atoms with van der Waals surface area (Å²) in [6, 6.07) is 12.0. The van der Waals surface area contributed by atoms with Crippen LogP contribution in [0.3, 0.4) is 0 Å². The number of nitrogens with one attached hydrogen (secondary N) is 1. The number of benzene rings is 2. The van der Waals surface area contributed by atoms with E-state index in [4.69, 9.17) is 4.74 Å². The van der Waals surface area contributed by atoms with Crippen LogP contribution in [-0.2, 0) is 4.79 Å². The fourth-order valence-corrected chi connectivity index (χ4v) is 2.30.